The molecule has 4 rings (SSSR count). The Labute approximate surface area is 206 Å². The van der Waals surface area contributed by atoms with Crippen molar-refractivity contribution in [3.8, 4) is 0 Å². The van der Waals surface area contributed by atoms with Crippen molar-refractivity contribution >= 4 is 46.2 Å². The number of hydrogen-bond acceptors (Lipinski definition) is 4. The smallest absolute Gasteiger partial charge is 0.0639 e. The van der Waals surface area contributed by atoms with Gasteiger partial charge in [0.15, 0.2) is 0 Å². The number of piperazine rings is 1. The van der Waals surface area contributed by atoms with E-state index in [4.69, 9.17) is 34.8 Å². The van der Waals surface area contributed by atoms with Crippen LogP contribution < -0.4 is 10.2 Å². The maximum atomic E-state index is 10.2. The van der Waals surface area contributed by atoms with Gasteiger partial charge in [0.05, 0.1) is 22.4 Å². The van der Waals surface area contributed by atoms with Gasteiger partial charge >= 0.3 is 0 Å². The number of rotatable bonds is 5. The van der Waals surface area contributed by atoms with Gasteiger partial charge in [0, 0.05) is 48.0 Å². The summed E-state index contributed by atoms with van der Waals surface area (Å²) in [5.41, 5.74) is 2.59. The minimum atomic E-state index is -0.474. The number of hydrogen-bond donors (Lipinski definition) is 2. The van der Waals surface area contributed by atoms with Crippen molar-refractivity contribution in [2.45, 2.75) is 57.2 Å². The molecule has 174 valence electrons. The molecule has 0 bridgehead atoms. The second kappa shape index (κ2) is 9.99. The Hall–Kier alpha value is -1.17. The highest BCUT2D eigenvalue weighted by molar-refractivity contribution is 6.35. The lowest BCUT2D eigenvalue weighted by atomic mass is 9.83. The van der Waals surface area contributed by atoms with E-state index in [9.17, 15) is 5.11 Å². The largest absolute Gasteiger partial charge is 0.390 e. The van der Waals surface area contributed by atoms with Crippen LogP contribution in [-0.4, -0.2) is 47.8 Å². The Morgan fingerprint density at radius 1 is 0.969 bits per heavy atom. The number of halogens is 3. The van der Waals surface area contributed by atoms with Gasteiger partial charge in [-0.25, -0.2) is 0 Å². The fourth-order valence-corrected chi connectivity index (χ4v) is 5.66. The summed E-state index contributed by atoms with van der Waals surface area (Å²) in [6.07, 6.45) is 3.99. The third-order valence-electron chi connectivity index (χ3n) is 6.98. The molecule has 4 nitrogen and oxygen atoms in total. The quantitative estimate of drug-likeness (QED) is 0.487. The first-order valence-corrected chi connectivity index (χ1v) is 12.6. The van der Waals surface area contributed by atoms with E-state index in [-0.39, 0.29) is 6.04 Å². The molecule has 0 radical (unpaired) electrons. The third kappa shape index (κ3) is 5.66. The molecule has 0 spiro atoms. The monoisotopic (exact) mass is 495 g/mol. The van der Waals surface area contributed by atoms with Crippen molar-refractivity contribution in [3.63, 3.8) is 0 Å². The van der Waals surface area contributed by atoms with Crippen molar-refractivity contribution in [2.24, 2.45) is 0 Å². The molecule has 2 N–H and O–H groups in total. The van der Waals surface area contributed by atoms with Crippen LogP contribution in [0, 0.1) is 0 Å². The molecule has 32 heavy (non-hydrogen) atoms. The molecule has 2 aromatic carbocycles. The first kappa shape index (κ1) is 24.0. The number of anilines is 2. The van der Waals surface area contributed by atoms with Gasteiger partial charge < -0.3 is 15.3 Å². The van der Waals surface area contributed by atoms with Crippen molar-refractivity contribution in [3.05, 3.63) is 57.0 Å². The summed E-state index contributed by atoms with van der Waals surface area (Å²) in [5.74, 6) is 0. The average molecular weight is 497 g/mol. The van der Waals surface area contributed by atoms with Crippen LogP contribution in [0.5, 0.6) is 0 Å². The molecule has 1 heterocycles. The van der Waals surface area contributed by atoms with Crippen LogP contribution in [0.15, 0.2) is 36.4 Å². The van der Waals surface area contributed by atoms with E-state index in [1.54, 1.807) is 6.07 Å². The molecule has 1 aliphatic carbocycles. The van der Waals surface area contributed by atoms with Crippen molar-refractivity contribution in [1.82, 2.24) is 4.90 Å². The fraction of sp³-hybridized carbons (Fsp3) is 0.520. The lowest BCUT2D eigenvalue weighted by molar-refractivity contribution is -0.00609. The van der Waals surface area contributed by atoms with Crippen LogP contribution in [0.3, 0.4) is 0 Å². The summed E-state index contributed by atoms with van der Waals surface area (Å²) >= 11 is 18.9. The van der Waals surface area contributed by atoms with Gasteiger partial charge in [0.1, 0.15) is 0 Å². The molecule has 0 aromatic heterocycles. The highest BCUT2D eigenvalue weighted by Gasteiger charge is 2.32. The van der Waals surface area contributed by atoms with E-state index in [1.165, 1.54) is 5.69 Å². The van der Waals surface area contributed by atoms with Crippen LogP contribution in [0.25, 0.3) is 0 Å². The Morgan fingerprint density at radius 2 is 1.66 bits per heavy atom. The van der Waals surface area contributed by atoms with Crippen LogP contribution in [0.4, 0.5) is 11.4 Å². The van der Waals surface area contributed by atoms with E-state index in [0.717, 1.165) is 63.1 Å². The Bertz CT molecular complexity index is 934. The van der Waals surface area contributed by atoms with E-state index in [2.05, 4.69) is 34.2 Å². The van der Waals surface area contributed by atoms with Crippen molar-refractivity contribution in [2.75, 3.05) is 36.4 Å². The number of nitrogens with zero attached hydrogens (tertiary/aromatic N) is 2. The first-order valence-electron chi connectivity index (χ1n) is 11.4. The molecule has 7 heteroatoms. The summed E-state index contributed by atoms with van der Waals surface area (Å²) in [6.45, 7) is 8.12. The summed E-state index contributed by atoms with van der Waals surface area (Å²) in [4.78, 5) is 5.03. The maximum absolute atomic E-state index is 10.2. The topological polar surface area (TPSA) is 38.7 Å². The fourth-order valence-electron chi connectivity index (χ4n) is 4.92. The first-order chi connectivity index (χ1) is 15.2. The molecule has 2 aliphatic rings. The second-order valence-electron chi connectivity index (χ2n) is 9.45. The normalized spacial score (nSPS) is 25.6. The Morgan fingerprint density at radius 3 is 2.31 bits per heavy atom. The predicted octanol–water partition coefficient (Wildman–Crippen LogP) is 6.64. The van der Waals surface area contributed by atoms with Gasteiger partial charge in [0.2, 0.25) is 0 Å². The predicted molar refractivity (Wildman–Crippen MR) is 137 cm³/mol. The minimum absolute atomic E-state index is 0.00660. The van der Waals surface area contributed by atoms with Crippen LogP contribution in [-0.2, 0) is 0 Å². The zero-order valence-electron chi connectivity index (χ0n) is 18.8. The van der Waals surface area contributed by atoms with Gasteiger partial charge in [-0.05, 0) is 75.4 Å². The van der Waals surface area contributed by atoms with Gasteiger partial charge in [0.25, 0.3) is 0 Å². The maximum Gasteiger partial charge on any atom is 0.0639 e. The molecular formula is C25H32Cl3N3O. The summed E-state index contributed by atoms with van der Waals surface area (Å²) in [6, 6.07) is 12.4. The molecule has 0 unspecified atom stereocenters. The van der Waals surface area contributed by atoms with Crippen LogP contribution in [0.1, 0.15) is 51.1 Å². The van der Waals surface area contributed by atoms with Crippen molar-refractivity contribution < 1.29 is 5.11 Å². The van der Waals surface area contributed by atoms with Crippen molar-refractivity contribution in [1.29, 1.82) is 0 Å². The third-order valence-corrected chi connectivity index (χ3v) is 7.87. The Kier molecular flexibility index (Phi) is 7.48. The van der Waals surface area contributed by atoms with E-state index in [0.29, 0.717) is 21.1 Å². The standard InChI is InChI=1S/C25H32Cl3N3O/c1-17(21-5-3-18(26)15-23(21)28)29-24-16-20(4-6-22(24)27)31-13-11-30(12-14-31)19-7-9-25(2,32)10-8-19/h3-6,15-17,19,29,32H,7-14H2,1-2H3/t17-,19?,25?/m1/s1. The molecule has 1 saturated heterocycles. The lowest BCUT2D eigenvalue weighted by Gasteiger charge is -2.44. The van der Waals surface area contributed by atoms with Crippen LogP contribution >= 0.6 is 34.8 Å². The number of nitrogens with one attached hydrogen (secondary N) is 1. The Balaban J connectivity index is 1.39. The average Bonchev–Trinajstić information content (AvgIpc) is 2.75. The summed E-state index contributed by atoms with van der Waals surface area (Å²) in [5, 5.41) is 15.7. The molecule has 1 aliphatic heterocycles. The summed E-state index contributed by atoms with van der Waals surface area (Å²) < 4.78 is 0. The highest BCUT2D eigenvalue weighted by Crippen LogP contribution is 2.35. The SMILES string of the molecule is C[C@@H](Nc1cc(N2CCN(C3CCC(C)(O)CC3)CC2)ccc1Cl)c1ccc(Cl)cc1Cl. The van der Waals surface area contributed by atoms with E-state index >= 15 is 0 Å². The van der Waals surface area contributed by atoms with Gasteiger partial charge in [-0.3, -0.25) is 4.90 Å². The minimum Gasteiger partial charge on any atom is -0.390 e. The molecule has 1 saturated carbocycles. The number of benzene rings is 2. The zero-order valence-corrected chi connectivity index (χ0v) is 21.0. The zero-order chi connectivity index (χ0) is 22.9. The van der Waals surface area contributed by atoms with Gasteiger partial charge in [-0.1, -0.05) is 40.9 Å². The van der Waals surface area contributed by atoms with Gasteiger partial charge in [-0.15, -0.1) is 0 Å². The molecule has 0 amide bonds. The van der Waals surface area contributed by atoms with Gasteiger partial charge in [-0.2, -0.15) is 0 Å². The molecule has 1 atom stereocenters. The van der Waals surface area contributed by atoms with E-state index < -0.39 is 5.60 Å². The number of aliphatic hydroxyl groups is 1. The molecule has 2 aromatic rings. The van der Waals surface area contributed by atoms with Crippen LogP contribution in [0.2, 0.25) is 15.1 Å². The summed E-state index contributed by atoms with van der Waals surface area (Å²) in [7, 11) is 0. The second-order valence-corrected chi connectivity index (χ2v) is 10.7. The lowest BCUT2D eigenvalue weighted by Crippen LogP contribution is -2.52. The molecule has 2 fully saturated rings. The van der Waals surface area contributed by atoms with E-state index in [1.807, 2.05) is 25.1 Å². The molecular weight excluding hydrogens is 465 g/mol. The highest BCUT2D eigenvalue weighted by atomic mass is 35.5.